The summed E-state index contributed by atoms with van der Waals surface area (Å²) in [5.74, 6) is 0.865. The fraction of sp³-hybridized carbons (Fsp3) is 0.692. The van der Waals surface area contributed by atoms with Crippen molar-refractivity contribution < 1.29 is 4.74 Å². The number of hydrogen-bond acceptors (Lipinski definition) is 3. The van der Waals surface area contributed by atoms with Gasteiger partial charge in [0.2, 0.25) is 0 Å². The summed E-state index contributed by atoms with van der Waals surface area (Å²) in [6.07, 6.45) is 5.12. The quantitative estimate of drug-likeness (QED) is 0.801. The van der Waals surface area contributed by atoms with Gasteiger partial charge >= 0.3 is 0 Å². The van der Waals surface area contributed by atoms with Crippen LogP contribution < -0.4 is 5.32 Å². The van der Waals surface area contributed by atoms with Crippen molar-refractivity contribution in [2.24, 2.45) is 5.92 Å². The third kappa shape index (κ3) is 3.02. The molecule has 4 heteroatoms. The number of aryl methyl sites for hydroxylation is 1. The zero-order chi connectivity index (χ0) is 11.7. The van der Waals surface area contributed by atoms with Crippen molar-refractivity contribution in [3.05, 3.63) is 20.8 Å². The molecule has 2 aliphatic carbocycles. The van der Waals surface area contributed by atoms with Crippen LogP contribution in [0.3, 0.4) is 0 Å². The second-order valence-corrected chi connectivity index (χ2v) is 6.76. The number of hydrogen-bond donors (Lipinski definition) is 1. The fourth-order valence-corrected chi connectivity index (χ4v) is 3.74. The van der Waals surface area contributed by atoms with E-state index in [0.717, 1.165) is 30.0 Å². The third-order valence-corrected chi connectivity index (χ3v) is 4.87. The molecule has 1 aromatic rings. The van der Waals surface area contributed by atoms with E-state index in [-0.39, 0.29) is 0 Å². The van der Waals surface area contributed by atoms with Crippen LogP contribution >= 0.6 is 22.9 Å². The standard InChI is InChI=1S/C13H18ClNOS/c14-13-7-10-11(3-4-12(10)17-13)15-5-6-16-8-9-1-2-9/h7,9,11,15H,1-6,8H2. The SMILES string of the molecule is Clc1cc2c(s1)CCC2NCCOCC1CC1. The highest BCUT2D eigenvalue weighted by atomic mass is 35.5. The largest absolute Gasteiger partial charge is 0.380 e. The number of thiophene rings is 1. The Morgan fingerprint density at radius 3 is 3.12 bits per heavy atom. The van der Waals surface area contributed by atoms with Gasteiger partial charge in [0.15, 0.2) is 0 Å². The molecule has 0 aliphatic heterocycles. The van der Waals surface area contributed by atoms with E-state index < -0.39 is 0 Å². The molecule has 1 aromatic heterocycles. The van der Waals surface area contributed by atoms with Gasteiger partial charge < -0.3 is 10.1 Å². The van der Waals surface area contributed by atoms with E-state index in [1.807, 2.05) is 0 Å². The van der Waals surface area contributed by atoms with Gasteiger partial charge in [0.1, 0.15) is 0 Å². The summed E-state index contributed by atoms with van der Waals surface area (Å²) in [5, 5.41) is 3.57. The van der Waals surface area contributed by atoms with E-state index in [9.17, 15) is 0 Å². The van der Waals surface area contributed by atoms with Crippen LogP contribution in [-0.4, -0.2) is 19.8 Å². The second kappa shape index (κ2) is 5.27. The van der Waals surface area contributed by atoms with Gasteiger partial charge in [-0.3, -0.25) is 0 Å². The number of fused-ring (bicyclic) bond motifs is 1. The first-order valence-electron chi connectivity index (χ1n) is 6.42. The highest BCUT2D eigenvalue weighted by molar-refractivity contribution is 7.16. The van der Waals surface area contributed by atoms with Crippen molar-refractivity contribution in [2.45, 2.75) is 31.7 Å². The highest BCUT2D eigenvalue weighted by Gasteiger charge is 2.24. The molecule has 1 atom stereocenters. The van der Waals surface area contributed by atoms with Crippen LogP contribution in [0.4, 0.5) is 0 Å². The predicted molar refractivity (Wildman–Crippen MR) is 71.9 cm³/mol. The van der Waals surface area contributed by atoms with Crippen LogP contribution in [0.5, 0.6) is 0 Å². The maximum Gasteiger partial charge on any atom is 0.0934 e. The predicted octanol–water partition coefficient (Wildman–Crippen LogP) is 3.41. The van der Waals surface area contributed by atoms with Gasteiger partial charge in [-0.25, -0.2) is 0 Å². The molecule has 0 radical (unpaired) electrons. The van der Waals surface area contributed by atoms with Gasteiger partial charge in [0.25, 0.3) is 0 Å². The van der Waals surface area contributed by atoms with Crippen LogP contribution in [0.1, 0.15) is 35.7 Å². The Bertz CT molecular complexity index is 389. The summed E-state index contributed by atoms with van der Waals surface area (Å²) >= 11 is 7.77. The van der Waals surface area contributed by atoms with Gasteiger partial charge in [-0.05, 0) is 43.2 Å². The van der Waals surface area contributed by atoms with Crippen molar-refractivity contribution in [3.63, 3.8) is 0 Å². The molecule has 3 rings (SSSR count). The Kier molecular flexibility index (Phi) is 3.71. The lowest BCUT2D eigenvalue weighted by Crippen LogP contribution is -2.23. The molecule has 1 heterocycles. The molecular formula is C13H18ClNOS. The van der Waals surface area contributed by atoms with Crippen molar-refractivity contribution in [2.75, 3.05) is 19.8 Å². The molecule has 0 amide bonds. The summed E-state index contributed by atoms with van der Waals surface area (Å²) in [7, 11) is 0. The zero-order valence-electron chi connectivity index (χ0n) is 9.88. The molecule has 1 N–H and O–H groups in total. The lowest BCUT2D eigenvalue weighted by molar-refractivity contribution is 0.124. The van der Waals surface area contributed by atoms with Gasteiger partial charge in [-0.2, -0.15) is 0 Å². The normalized spacial score (nSPS) is 23.0. The van der Waals surface area contributed by atoms with Crippen LogP contribution in [-0.2, 0) is 11.2 Å². The summed E-state index contributed by atoms with van der Waals surface area (Å²) in [6.45, 7) is 2.74. The minimum absolute atomic E-state index is 0.498. The monoisotopic (exact) mass is 271 g/mol. The molecule has 94 valence electrons. The van der Waals surface area contributed by atoms with Gasteiger partial charge in [-0.1, -0.05) is 11.6 Å². The molecule has 17 heavy (non-hydrogen) atoms. The summed E-state index contributed by atoms with van der Waals surface area (Å²) in [5.41, 5.74) is 1.42. The molecular weight excluding hydrogens is 254 g/mol. The Morgan fingerprint density at radius 1 is 1.41 bits per heavy atom. The van der Waals surface area contributed by atoms with Crippen molar-refractivity contribution in [3.8, 4) is 0 Å². The average molecular weight is 272 g/mol. The van der Waals surface area contributed by atoms with E-state index in [1.54, 1.807) is 11.3 Å². The first-order valence-corrected chi connectivity index (χ1v) is 7.61. The van der Waals surface area contributed by atoms with Crippen molar-refractivity contribution >= 4 is 22.9 Å². The molecule has 0 aromatic carbocycles. The molecule has 2 nitrogen and oxygen atoms in total. The van der Waals surface area contributed by atoms with Crippen molar-refractivity contribution in [1.82, 2.24) is 5.32 Å². The maximum absolute atomic E-state index is 6.04. The molecule has 1 fully saturated rings. The Hall–Kier alpha value is -0.0900. The molecule has 0 bridgehead atoms. The van der Waals surface area contributed by atoms with Crippen LogP contribution in [0.25, 0.3) is 0 Å². The minimum Gasteiger partial charge on any atom is -0.380 e. The number of ether oxygens (including phenoxy) is 1. The summed E-state index contributed by atoms with van der Waals surface area (Å²) < 4.78 is 6.55. The number of nitrogens with one attached hydrogen (secondary N) is 1. The molecule has 0 saturated heterocycles. The smallest absolute Gasteiger partial charge is 0.0934 e. The zero-order valence-corrected chi connectivity index (χ0v) is 11.4. The first kappa shape index (κ1) is 12.0. The lowest BCUT2D eigenvalue weighted by atomic mass is 10.2. The highest BCUT2D eigenvalue weighted by Crippen LogP contribution is 2.39. The van der Waals surface area contributed by atoms with Crippen LogP contribution in [0.2, 0.25) is 4.34 Å². The van der Waals surface area contributed by atoms with Gasteiger partial charge in [-0.15, -0.1) is 11.3 Å². The van der Waals surface area contributed by atoms with E-state index >= 15 is 0 Å². The number of rotatable bonds is 6. The first-order chi connectivity index (χ1) is 8.33. The van der Waals surface area contributed by atoms with E-state index in [1.165, 1.54) is 36.1 Å². The molecule has 1 unspecified atom stereocenters. The minimum atomic E-state index is 0.498. The van der Waals surface area contributed by atoms with E-state index in [4.69, 9.17) is 16.3 Å². The molecule has 0 spiro atoms. The van der Waals surface area contributed by atoms with Crippen molar-refractivity contribution in [1.29, 1.82) is 0 Å². The van der Waals surface area contributed by atoms with Gasteiger partial charge in [0, 0.05) is 24.1 Å². The molecule has 1 saturated carbocycles. The Labute approximate surface area is 111 Å². The Morgan fingerprint density at radius 2 is 2.29 bits per heavy atom. The second-order valence-electron chi connectivity index (χ2n) is 4.99. The fourth-order valence-electron chi connectivity index (χ4n) is 2.38. The number of halogens is 1. The topological polar surface area (TPSA) is 21.3 Å². The lowest BCUT2D eigenvalue weighted by Gasteiger charge is -2.12. The van der Waals surface area contributed by atoms with E-state index in [0.29, 0.717) is 6.04 Å². The molecule has 2 aliphatic rings. The van der Waals surface area contributed by atoms with Gasteiger partial charge in [0.05, 0.1) is 10.9 Å². The Balaban J connectivity index is 1.40. The van der Waals surface area contributed by atoms with Crippen LogP contribution in [0.15, 0.2) is 6.07 Å². The average Bonchev–Trinajstić information content (AvgIpc) is 2.95. The summed E-state index contributed by atoms with van der Waals surface area (Å²) in [4.78, 5) is 1.46. The van der Waals surface area contributed by atoms with E-state index in [2.05, 4.69) is 11.4 Å². The van der Waals surface area contributed by atoms with Crippen LogP contribution in [0, 0.1) is 5.92 Å². The summed E-state index contributed by atoms with van der Waals surface area (Å²) in [6, 6.07) is 2.62. The third-order valence-electron chi connectivity index (χ3n) is 3.53. The maximum atomic E-state index is 6.04.